The number of amides is 1. The molecule has 6 nitrogen and oxygen atoms in total. The molecule has 0 aromatic carbocycles. The van der Waals surface area contributed by atoms with Crippen LogP contribution >= 0.6 is 11.8 Å². The summed E-state index contributed by atoms with van der Waals surface area (Å²) in [6, 6.07) is -0.526. The van der Waals surface area contributed by atoms with E-state index in [1.807, 2.05) is 6.92 Å². The van der Waals surface area contributed by atoms with Crippen LogP contribution in [-0.4, -0.2) is 57.0 Å². The van der Waals surface area contributed by atoms with Crippen LogP contribution in [0.5, 0.6) is 0 Å². The van der Waals surface area contributed by atoms with Crippen molar-refractivity contribution >= 4 is 23.8 Å². The van der Waals surface area contributed by atoms with Crippen molar-refractivity contribution in [2.75, 3.05) is 11.5 Å². The van der Waals surface area contributed by atoms with Gasteiger partial charge < -0.3 is 14.6 Å². The molecular weight excluding hydrogens is 306 g/mol. The van der Waals surface area contributed by atoms with Gasteiger partial charge in [-0.1, -0.05) is 6.92 Å². The van der Waals surface area contributed by atoms with E-state index < -0.39 is 35.5 Å². The van der Waals surface area contributed by atoms with Gasteiger partial charge in [0.05, 0.1) is 6.04 Å². The molecule has 1 fully saturated rings. The number of carboxylic acids is 1. The zero-order chi connectivity index (χ0) is 17.1. The first-order valence-electron chi connectivity index (χ1n) is 7.50. The molecule has 22 heavy (non-hydrogen) atoms. The highest BCUT2D eigenvalue weighted by molar-refractivity contribution is 7.99. The van der Waals surface area contributed by atoms with Crippen LogP contribution in [0.2, 0.25) is 0 Å². The zero-order valence-electron chi connectivity index (χ0n) is 14.2. The molecule has 0 aliphatic carbocycles. The van der Waals surface area contributed by atoms with E-state index in [9.17, 15) is 14.7 Å². The SMILES string of the molecule is CCSCC[C@@H]1C(C(=O)O)OC(C)(C)N1C(=O)OC(C)(C)C. The lowest BCUT2D eigenvalue weighted by molar-refractivity contribution is -0.155. The van der Waals surface area contributed by atoms with Gasteiger partial charge in [0.1, 0.15) is 11.3 Å². The van der Waals surface area contributed by atoms with E-state index >= 15 is 0 Å². The van der Waals surface area contributed by atoms with E-state index in [0.29, 0.717) is 6.42 Å². The minimum atomic E-state index is -1.05. The van der Waals surface area contributed by atoms with Crippen molar-refractivity contribution in [2.24, 2.45) is 0 Å². The Bertz CT molecular complexity index is 419. The molecule has 2 atom stereocenters. The van der Waals surface area contributed by atoms with Gasteiger partial charge in [0.2, 0.25) is 0 Å². The molecule has 1 unspecified atom stereocenters. The molecule has 1 N–H and O–H groups in total. The Morgan fingerprint density at radius 2 is 1.95 bits per heavy atom. The first-order chi connectivity index (χ1) is 9.99. The Balaban J connectivity index is 3.00. The third-order valence-electron chi connectivity index (χ3n) is 3.27. The third-order valence-corrected chi connectivity index (χ3v) is 4.20. The van der Waals surface area contributed by atoms with Gasteiger partial charge in [0, 0.05) is 0 Å². The summed E-state index contributed by atoms with van der Waals surface area (Å²) >= 11 is 1.71. The van der Waals surface area contributed by atoms with Crippen molar-refractivity contribution < 1.29 is 24.2 Å². The van der Waals surface area contributed by atoms with Gasteiger partial charge in [-0.25, -0.2) is 9.59 Å². The molecular formula is C15H27NO5S. The van der Waals surface area contributed by atoms with Crippen LogP contribution < -0.4 is 0 Å². The van der Waals surface area contributed by atoms with Gasteiger partial charge in [-0.15, -0.1) is 0 Å². The second kappa shape index (κ2) is 7.08. The van der Waals surface area contributed by atoms with Crippen LogP contribution in [0.4, 0.5) is 4.79 Å². The summed E-state index contributed by atoms with van der Waals surface area (Å²) in [5.74, 6) is 0.663. The molecule has 0 radical (unpaired) electrons. The molecule has 1 aliphatic heterocycles. The Morgan fingerprint density at radius 1 is 1.36 bits per heavy atom. The number of thioether (sulfide) groups is 1. The fraction of sp³-hybridized carbons (Fsp3) is 0.867. The van der Waals surface area contributed by atoms with Crippen LogP contribution in [0.15, 0.2) is 0 Å². The molecule has 7 heteroatoms. The number of carbonyl (C=O) groups is 2. The number of carbonyl (C=O) groups excluding carboxylic acids is 1. The van der Waals surface area contributed by atoms with E-state index in [1.165, 1.54) is 4.90 Å². The third kappa shape index (κ3) is 4.78. The minimum Gasteiger partial charge on any atom is -0.479 e. The van der Waals surface area contributed by atoms with Crippen molar-refractivity contribution in [3.8, 4) is 0 Å². The summed E-state index contributed by atoms with van der Waals surface area (Å²) in [6.45, 7) is 10.8. The first-order valence-corrected chi connectivity index (χ1v) is 8.65. The molecule has 1 aliphatic rings. The first kappa shape index (κ1) is 19.1. The van der Waals surface area contributed by atoms with Crippen molar-refractivity contribution in [1.29, 1.82) is 0 Å². The standard InChI is InChI=1S/C15H27NO5S/c1-7-22-9-8-10-11(12(17)18)20-15(5,6)16(10)13(19)21-14(2,3)4/h10-11H,7-9H2,1-6H3,(H,17,18)/t10-,11?/m1/s1. The molecule has 0 aromatic heterocycles. The summed E-state index contributed by atoms with van der Waals surface area (Å²) in [5, 5.41) is 9.39. The summed E-state index contributed by atoms with van der Waals surface area (Å²) < 4.78 is 11.0. The molecule has 1 rings (SSSR count). The Labute approximate surface area is 136 Å². The quantitative estimate of drug-likeness (QED) is 0.780. The second-order valence-corrected chi connectivity index (χ2v) is 8.12. The number of rotatable bonds is 5. The lowest BCUT2D eigenvalue weighted by Gasteiger charge is -2.35. The molecule has 1 amide bonds. The highest BCUT2D eigenvalue weighted by atomic mass is 32.2. The molecule has 0 aromatic rings. The highest BCUT2D eigenvalue weighted by Crippen LogP contribution is 2.35. The normalized spacial score (nSPS) is 24.4. The number of hydrogen-bond donors (Lipinski definition) is 1. The van der Waals surface area contributed by atoms with E-state index in [-0.39, 0.29) is 0 Å². The maximum atomic E-state index is 12.5. The van der Waals surface area contributed by atoms with Crippen LogP contribution in [-0.2, 0) is 14.3 Å². The maximum absolute atomic E-state index is 12.5. The fourth-order valence-electron chi connectivity index (χ4n) is 2.49. The monoisotopic (exact) mass is 333 g/mol. The van der Waals surface area contributed by atoms with E-state index in [0.717, 1.165) is 11.5 Å². The van der Waals surface area contributed by atoms with E-state index in [2.05, 4.69) is 0 Å². The highest BCUT2D eigenvalue weighted by Gasteiger charge is 2.53. The molecule has 1 saturated heterocycles. The van der Waals surface area contributed by atoms with Crippen LogP contribution in [0.3, 0.4) is 0 Å². The van der Waals surface area contributed by atoms with Gasteiger partial charge in [0.15, 0.2) is 6.10 Å². The topological polar surface area (TPSA) is 76.1 Å². The van der Waals surface area contributed by atoms with Crippen LogP contribution in [0.25, 0.3) is 0 Å². The number of hydrogen-bond acceptors (Lipinski definition) is 5. The second-order valence-electron chi connectivity index (χ2n) is 6.73. The maximum Gasteiger partial charge on any atom is 0.412 e. The average molecular weight is 333 g/mol. The lowest BCUT2D eigenvalue weighted by Crippen LogP contribution is -2.50. The number of ether oxygens (including phenoxy) is 2. The predicted molar refractivity (Wildman–Crippen MR) is 86.1 cm³/mol. The van der Waals surface area contributed by atoms with Gasteiger partial charge in [-0.05, 0) is 52.5 Å². The minimum absolute atomic E-state index is 0.526. The summed E-state index contributed by atoms with van der Waals surface area (Å²) in [6.07, 6.45) is -1.01. The summed E-state index contributed by atoms with van der Waals surface area (Å²) in [5.41, 5.74) is -1.65. The Morgan fingerprint density at radius 3 is 2.41 bits per heavy atom. The number of aliphatic carboxylic acids is 1. The van der Waals surface area contributed by atoms with Crippen molar-refractivity contribution in [3.63, 3.8) is 0 Å². The number of carboxylic acid groups (broad SMARTS) is 1. The summed E-state index contributed by atoms with van der Waals surface area (Å²) in [4.78, 5) is 25.4. The average Bonchev–Trinajstić information content (AvgIpc) is 2.59. The van der Waals surface area contributed by atoms with Gasteiger partial charge >= 0.3 is 12.1 Å². The van der Waals surface area contributed by atoms with Crippen LogP contribution in [0.1, 0.15) is 48.0 Å². The Kier molecular flexibility index (Phi) is 6.15. The van der Waals surface area contributed by atoms with Gasteiger partial charge in [-0.3, -0.25) is 4.90 Å². The molecule has 128 valence electrons. The van der Waals surface area contributed by atoms with E-state index in [1.54, 1.807) is 46.4 Å². The molecule has 1 heterocycles. The predicted octanol–water partition coefficient (Wildman–Crippen LogP) is 2.95. The lowest BCUT2D eigenvalue weighted by atomic mass is 10.1. The fourth-order valence-corrected chi connectivity index (χ4v) is 3.19. The zero-order valence-corrected chi connectivity index (χ0v) is 15.0. The van der Waals surface area contributed by atoms with Gasteiger partial charge in [0.25, 0.3) is 0 Å². The molecule has 0 bridgehead atoms. The number of nitrogens with zero attached hydrogens (tertiary/aromatic N) is 1. The van der Waals surface area contributed by atoms with Crippen molar-refractivity contribution in [3.05, 3.63) is 0 Å². The molecule has 0 saturated carbocycles. The smallest absolute Gasteiger partial charge is 0.412 e. The van der Waals surface area contributed by atoms with Gasteiger partial charge in [-0.2, -0.15) is 11.8 Å². The largest absolute Gasteiger partial charge is 0.479 e. The molecule has 0 spiro atoms. The van der Waals surface area contributed by atoms with Crippen molar-refractivity contribution in [2.45, 2.75) is 71.4 Å². The summed E-state index contributed by atoms with van der Waals surface area (Å²) in [7, 11) is 0. The van der Waals surface area contributed by atoms with Crippen LogP contribution in [0, 0.1) is 0 Å². The Hall–Kier alpha value is -0.950. The van der Waals surface area contributed by atoms with Crippen molar-refractivity contribution in [1.82, 2.24) is 4.90 Å². The van der Waals surface area contributed by atoms with E-state index in [4.69, 9.17) is 9.47 Å².